The van der Waals surface area contributed by atoms with Crippen LogP contribution in [0.5, 0.6) is 0 Å². The first-order chi connectivity index (χ1) is 5.27. The summed E-state index contributed by atoms with van der Waals surface area (Å²) in [6, 6.07) is 0. The average Bonchev–Trinajstić information content (AvgIpc) is 1.96. The monoisotopic (exact) mass is 209 g/mol. The first kappa shape index (κ1) is 14.7. The zero-order valence-electron chi connectivity index (χ0n) is 7.95. The fourth-order valence-corrected chi connectivity index (χ4v) is 0.751. The molecule has 0 rings (SSSR count). The molecule has 0 N–H and O–H groups in total. The van der Waals surface area contributed by atoms with Crippen molar-refractivity contribution in [2.45, 2.75) is 33.1 Å². The molecule has 71 valence electrons. The normalized spacial score (nSPS) is 9.58. The van der Waals surface area contributed by atoms with E-state index >= 15 is 0 Å². The summed E-state index contributed by atoms with van der Waals surface area (Å²) < 4.78 is 5.33. The largest absolute Gasteiger partial charge is 0.381 e. The van der Waals surface area contributed by atoms with Crippen LogP contribution in [0.4, 0.5) is 0 Å². The molecule has 0 unspecified atom stereocenters. The van der Waals surface area contributed by atoms with Gasteiger partial charge in [0.1, 0.15) is 6.29 Å². The van der Waals surface area contributed by atoms with Crippen molar-refractivity contribution in [1.29, 1.82) is 0 Å². The molecule has 0 heterocycles. The SMILES string of the molecule is CC(C)COCCCCC=O.[V]. The Hall–Kier alpha value is 0.214. The Balaban J connectivity index is 0. The van der Waals surface area contributed by atoms with Gasteiger partial charge in [0.2, 0.25) is 0 Å². The zero-order valence-corrected chi connectivity index (χ0v) is 9.35. The van der Waals surface area contributed by atoms with Crippen LogP contribution in [0.1, 0.15) is 33.1 Å². The minimum absolute atomic E-state index is 0. The van der Waals surface area contributed by atoms with Crippen molar-refractivity contribution in [1.82, 2.24) is 0 Å². The number of aldehydes is 1. The van der Waals surface area contributed by atoms with Crippen molar-refractivity contribution >= 4 is 6.29 Å². The van der Waals surface area contributed by atoms with Crippen LogP contribution >= 0.6 is 0 Å². The van der Waals surface area contributed by atoms with E-state index in [1.807, 2.05) is 0 Å². The smallest absolute Gasteiger partial charge is 0.119 e. The molecule has 0 amide bonds. The van der Waals surface area contributed by atoms with Crippen molar-refractivity contribution < 1.29 is 28.1 Å². The van der Waals surface area contributed by atoms with Gasteiger partial charge in [-0.1, -0.05) is 13.8 Å². The van der Waals surface area contributed by atoms with E-state index in [4.69, 9.17) is 4.74 Å². The maximum atomic E-state index is 9.90. The van der Waals surface area contributed by atoms with E-state index in [0.29, 0.717) is 12.3 Å². The van der Waals surface area contributed by atoms with E-state index in [-0.39, 0.29) is 18.6 Å². The summed E-state index contributed by atoms with van der Waals surface area (Å²) in [5.74, 6) is 0.612. The van der Waals surface area contributed by atoms with Gasteiger partial charge in [-0.15, -0.1) is 0 Å². The number of ether oxygens (including phenoxy) is 1. The minimum atomic E-state index is 0. The van der Waals surface area contributed by atoms with Crippen LogP contribution < -0.4 is 0 Å². The molecule has 0 aromatic heterocycles. The van der Waals surface area contributed by atoms with E-state index in [2.05, 4.69) is 13.8 Å². The van der Waals surface area contributed by atoms with Crippen molar-refractivity contribution in [3.05, 3.63) is 0 Å². The maximum Gasteiger partial charge on any atom is 0.119 e. The third-order valence-electron chi connectivity index (χ3n) is 1.31. The minimum Gasteiger partial charge on any atom is -0.381 e. The van der Waals surface area contributed by atoms with Crippen molar-refractivity contribution in [3.8, 4) is 0 Å². The quantitative estimate of drug-likeness (QED) is 0.473. The summed E-state index contributed by atoms with van der Waals surface area (Å²) >= 11 is 0. The van der Waals surface area contributed by atoms with Crippen LogP contribution in [0.3, 0.4) is 0 Å². The second kappa shape index (κ2) is 11.2. The molecule has 0 saturated carbocycles. The predicted molar refractivity (Wildman–Crippen MR) is 45.6 cm³/mol. The fraction of sp³-hybridized carbons (Fsp3) is 0.889. The van der Waals surface area contributed by atoms with Gasteiger partial charge in [0, 0.05) is 38.2 Å². The second-order valence-corrected chi connectivity index (χ2v) is 3.13. The third-order valence-corrected chi connectivity index (χ3v) is 1.31. The number of carbonyl (C=O) groups is 1. The van der Waals surface area contributed by atoms with Gasteiger partial charge in [-0.25, -0.2) is 0 Å². The molecule has 0 aromatic rings. The molecule has 2 nitrogen and oxygen atoms in total. The van der Waals surface area contributed by atoms with Gasteiger partial charge in [-0.3, -0.25) is 0 Å². The summed E-state index contributed by atoms with van der Waals surface area (Å²) in [4.78, 5) is 9.90. The van der Waals surface area contributed by atoms with Gasteiger partial charge >= 0.3 is 0 Å². The molecule has 0 spiro atoms. The van der Waals surface area contributed by atoms with E-state index < -0.39 is 0 Å². The molecular formula is C9H18O2V. The van der Waals surface area contributed by atoms with Crippen LogP contribution in [0.25, 0.3) is 0 Å². The molecule has 12 heavy (non-hydrogen) atoms. The molecule has 0 saturated heterocycles. The molecule has 0 aliphatic carbocycles. The summed E-state index contributed by atoms with van der Waals surface area (Å²) in [7, 11) is 0. The Labute approximate surface area is 86.9 Å². The first-order valence-corrected chi connectivity index (χ1v) is 4.28. The number of unbranched alkanes of at least 4 members (excludes halogenated alkanes) is 2. The standard InChI is InChI=1S/C9H18O2.V/c1-9(2)8-11-7-5-3-4-6-10;/h6,9H,3-5,7-8H2,1-2H3;. The molecular weight excluding hydrogens is 191 g/mol. The zero-order chi connectivity index (χ0) is 8.53. The summed E-state index contributed by atoms with van der Waals surface area (Å²) in [6.07, 6.45) is 3.60. The molecule has 0 bridgehead atoms. The fourth-order valence-electron chi connectivity index (χ4n) is 0.751. The Morgan fingerprint density at radius 1 is 1.33 bits per heavy atom. The molecule has 0 fully saturated rings. The Kier molecular flexibility index (Phi) is 13.8. The average molecular weight is 209 g/mol. The van der Waals surface area contributed by atoms with Gasteiger partial charge in [0.15, 0.2) is 0 Å². The number of carbonyl (C=O) groups excluding carboxylic acids is 1. The molecule has 1 radical (unpaired) electrons. The van der Waals surface area contributed by atoms with Gasteiger partial charge in [-0.2, -0.15) is 0 Å². The van der Waals surface area contributed by atoms with Gasteiger partial charge in [-0.05, 0) is 18.8 Å². The molecule has 0 aliphatic heterocycles. The van der Waals surface area contributed by atoms with Crippen LogP contribution in [-0.2, 0) is 28.1 Å². The second-order valence-electron chi connectivity index (χ2n) is 3.13. The summed E-state index contributed by atoms with van der Waals surface area (Å²) in [5, 5.41) is 0. The van der Waals surface area contributed by atoms with Gasteiger partial charge in [0.25, 0.3) is 0 Å². The molecule has 0 aliphatic rings. The third kappa shape index (κ3) is 12.9. The molecule has 3 heteroatoms. The topological polar surface area (TPSA) is 26.3 Å². The number of hydrogen-bond donors (Lipinski definition) is 0. The number of hydrogen-bond acceptors (Lipinski definition) is 2. The van der Waals surface area contributed by atoms with Crippen LogP contribution in [-0.4, -0.2) is 19.5 Å². The van der Waals surface area contributed by atoms with Crippen molar-refractivity contribution in [2.24, 2.45) is 5.92 Å². The van der Waals surface area contributed by atoms with Crippen molar-refractivity contribution in [2.75, 3.05) is 13.2 Å². The summed E-state index contributed by atoms with van der Waals surface area (Å²) in [6.45, 7) is 5.89. The van der Waals surface area contributed by atoms with E-state index in [0.717, 1.165) is 32.3 Å². The maximum absolute atomic E-state index is 9.90. The molecule has 0 aromatic carbocycles. The molecule has 0 atom stereocenters. The predicted octanol–water partition coefficient (Wildman–Crippen LogP) is 2.03. The van der Waals surface area contributed by atoms with E-state index in [9.17, 15) is 4.79 Å². The van der Waals surface area contributed by atoms with Crippen LogP contribution in [0.15, 0.2) is 0 Å². The first-order valence-electron chi connectivity index (χ1n) is 4.28. The van der Waals surface area contributed by atoms with Gasteiger partial charge in [0.05, 0.1) is 0 Å². The van der Waals surface area contributed by atoms with Crippen LogP contribution in [0.2, 0.25) is 0 Å². The van der Waals surface area contributed by atoms with E-state index in [1.54, 1.807) is 0 Å². The Morgan fingerprint density at radius 2 is 2.00 bits per heavy atom. The van der Waals surface area contributed by atoms with Crippen molar-refractivity contribution in [3.63, 3.8) is 0 Å². The van der Waals surface area contributed by atoms with Gasteiger partial charge < -0.3 is 9.53 Å². The van der Waals surface area contributed by atoms with E-state index in [1.165, 1.54) is 0 Å². The summed E-state index contributed by atoms with van der Waals surface area (Å²) in [5.41, 5.74) is 0. The number of rotatable bonds is 7. The Bertz CT molecular complexity index is 94.5. The Morgan fingerprint density at radius 3 is 2.50 bits per heavy atom. The van der Waals surface area contributed by atoms with Crippen LogP contribution in [0, 0.1) is 5.92 Å².